The van der Waals surface area contributed by atoms with Gasteiger partial charge in [-0.2, -0.15) is 0 Å². The van der Waals surface area contributed by atoms with Gasteiger partial charge in [0.1, 0.15) is 0 Å². The Kier molecular flexibility index (Phi) is 5.02. The van der Waals surface area contributed by atoms with Gasteiger partial charge >= 0.3 is 0 Å². The van der Waals surface area contributed by atoms with Crippen molar-refractivity contribution in [2.24, 2.45) is 0 Å². The minimum absolute atomic E-state index is 0.299. The molecule has 40 heavy (non-hydrogen) atoms. The molecule has 3 aliphatic rings. The first kappa shape index (κ1) is 22.9. The van der Waals surface area contributed by atoms with Crippen LogP contribution in [0.4, 0.5) is 0 Å². The predicted molar refractivity (Wildman–Crippen MR) is 171 cm³/mol. The van der Waals surface area contributed by atoms with Gasteiger partial charge in [0.2, 0.25) is 6.71 Å². The van der Waals surface area contributed by atoms with Crippen molar-refractivity contribution in [1.29, 1.82) is 0 Å². The fraction of sp³-hybridized carbons (Fsp3) is 0.0270. The molecule has 0 unspecified atom stereocenters. The molecule has 0 radical (unpaired) electrons. The lowest BCUT2D eigenvalue weighted by Crippen LogP contribution is -2.57. The maximum atomic E-state index is 2.47. The maximum absolute atomic E-state index is 2.47. The fourth-order valence-electron chi connectivity index (χ4n) is 6.94. The number of benzene rings is 6. The first-order valence-corrected chi connectivity index (χ1v) is 15.5. The standard InChI is InChI=1S/C37H23BS2/c1-2-10-23(11-3-1)25-12-8-14-27-28-15-9-13-26(30(28)22-29(25)27)24-20-35-37-36(21-24)40-34-19-7-5-17-32(34)38(37)31-16-4-6-18-33(31)39-35/h1-21H,22H2. The van der Waals surface area contributed by atoms with Crippen LogP contribution in [0.1, 0.15) is 11.1 Å². The van der Waals surface area contributed by atoms with Gasteiger partial charge in [-0.25, -0.2) is 0 Å². The van der Waals surface area contributed by atoms with Crippen LogP contribution in [0.25, 0.3) is 33.4 Å². The molecular formula is C37H23BS2. The zero-order valence-electron chi connectivity index (χ0n) is 21.7. The van der Waals surface area contributed by atoms with Crippen LogP contribution >= 0.6 is 23.5 Å². The van der Waals surface area contributed by atoms with E-state index in [1.807, 2.05) is 23.5 Å². The molecule has 0 atom stereocenters. The SMILES string of the molecule is c1ccc(-c2cccc3c2Cc2c(-c4cc5c6c(c4)Sc4ccccc4B6c4ccccc4S5)cccc2-3)cc1. The van der Waals surface area contributed by atoms with Crippen molar-refractivity contribution in [3.05, 3.63) is 139 Å². The van der Waals surface area contributed by atoms with Crippen molar-refractivity contribution in [2.75, 3.05) is 0 Å². The molecule has 6 aromatic carbocycles. The Labute approximate surface area is 243 Å². The van der Waals surface area contributed by atoms with Crippen molar-refractivity contribution in [3.8, 4) is 33.4 Å². The fourth-order valence-corrected chi connectivity index (χ4v) is 9.43. The molecule has 0 nitrogen and oxygen atoms in total. The smallest absolute Gasteiger partial charge is 0.0911 e. The molecule has 0 fully saturated rings. The van der Waals surface area contributed by atoms with E-state index >= 15 is 0 Å². The normalized spacial score (nSPS) is 13.7. The van der Waals surface area contributed by atoms with Crippen LogP contribution in [0.2, 0.25) is 0 Å². The third-order valence-electron chi connectivity index (χ3n) is 8.68. The summed E-state index contributed by atoms with van der Waals surface area (Å²) in [6, 6.07) is 47.4. The van der Waals surface area contributed by atoms with E-state index in [0.29, 0.717) is 6.71 Å². The monoisotopic (exact) mass is 542 g/mol. The van der Waals surface area contributed by atoms with Crippen LogP contribution in [0.5, 0.6) is 0 Å². The molecule has 2 heterocycles. The zero-order valence-corrected chi connectivity index (χ0v) is 23.4. The van der Waals surface area contributed by atoms with Crippen molar-refractivity contribution in [2.45, 2.75) is 26.0 Å². The van der Waals surface area contributed by atoms with E-state index in [4.69, 9.17) is 0 Å². The van der Waals surface area contributed by atoms with Crippen molar-refractivity contribution in [1.82, 2.24) is 0 Å². The van der Waals surface area contributed by atoms with Gasteiger partial charge in [0.15, 0.2) is 0 Å². The van der Waals surface area contributed by atoms with Gasteiger partial charge in [-0.05, 0) is 80.7 Å². The first-order chi connectivity index (χ1) is 19.8. The Morgan fingerprint density at radius 1 is 0.425 bits per heavy atom. The van der Waals surface area contributed by atoms with Gasteiger partial charge in [-0.1, -0.05) is 138 Å². The summed E-state index contributed by atoms with van der Waals surface area (Å²) in [6.45, 7) is 0.299. The lowest BCUT2D eigenvalue weighted by atomic mass is 9.36. The van der Waals surface area contributed by atoms with E-state index in [2.05, 4.69) is 127 Å². The Bertz CT molecular complexity index is 1920. The van der Waals surface area contributed by atoms with Crippen LogP contribution in [-0.2, 0) is 6.42 Å². The molecule has 2 aliphatic heterocycles. The maximum Gasteiger partial charge on any atom is 0.247 e. The van der Waals surface area contributed by atoms with Crippen molar-refractivity contribution < 1.29 is 0 Å². The summed E-state index contributed by atoms with van der Waals surface area (Å²) in [5.74, 6) is 0. The molecule has 0 N–H and O–H groups in total. The summed E-state index contributed by atoms with van der Waals surface area (Å²) in [5.41, 5.74) is 15.4. The van der Waals surface area contributed by atoms with Crippen molar-refractivity contribution in [3.63, 3.8) is 0 Å². The first-order valence-electron chi connectivity index (χ1n) is 13.8. The highest BCUT2D eigenvalue weighted by molar-refractivity contribution is 8.01. The second-order valence-corrected chi connectivity index (χ2v) is 13.0. The van der Waals surface area contributed by atoms with Crippen LogP contribution in [0.3, 0.4) is 0 Å². The van der Waals surface area contributed by atoms with Gasteiger partial charge in [-0.3, -0.25) is 0 Å². The number of fused-ring (bicyclic) bond motifs is 7. The van der Waals surface area contributed by atoms with E-state index < -0.39 is 0 Å². The molecule has 1 aliphatic carbocycles. The van der Waals surface area contributed by atoms with Gasteiger partial charge < -0.3 is 0 Å². The number of hydrogen-bond donors (Lipinski definition) is 0. The quantitative estimate of drug-likeness (QED) is 0.203. The summed E-state index contributed by atoms with van der Waals surface area (Å²) in [4.78, 5) is 5.55. The Morgan fingerprint density at radius 3 is 1.52 bits per heavy atom. The molecule has 6 aromatic rings. The molecule has 0 spiro atoms. The van der Waals surface area contributed by atoms with Crippen molar-refractivity contribution >= 4 is 46.6 Å². The zero-order chi connectivity index (χ0) is 26.2. The largest absolute Gasteiger partial charge is 0.247 e. The lowest BCUT2D eigenvalue weighted by Gasteiger charge is -2.33. The van der Waals surface area contributed by atoms with Gasteiger partial charge in [-0.15, -0.1) is 0 Å². The van der Waals surface area contributed by atoms with E-state index in [1.54, 1.807) is 0 Å². The van der Waals surface area contributed by atoms with Crippen LogP contribution < -0.4 is 16.4 Å². The average molecular weight is 543 g/mol. The Balaban J connectivity index is 1.22. The summed E-state index contributed by atoms with van der Waals surface area (Å²) in [5, 5.41) is 0. The summed E-state index contributed by atoms with van der Waals surface area (Å²) >= 11 is 3.88. The Hall–Kier alpha value is -3.92. The van der Waals surface area contributed by atoms with Gasteiger partial charge in [0.05, 0.1) is 0 Å². The molecular weight excluding hydrogens is 519 g/mol. The summed E-state index contributed by atoms with van der Waals surface area (Å²) in [6.07, 6.45) is 0.965. The van der Waals surface area contributed by atoms with E-state index in [1.165, 1.54) is 80.5 Å². The van der Waals surface area contributed by atoms with E-state index in [-0.39, 0.29) is 0 Å². The van der Waals surface area contributed by atoms with Crippen LogP contribution in [0, 0.1) is 0 Å². The minimum atomic E-state index is 0.299. The second-order valence-electron chi connectivity index (χ2n) is 10.8. The number of rotatable bonds is 2. The molecule has 0 saturated heterocycles. The molecule has 0 bridgehead atoms. The van der Waals surface area contributed by atoms with E-state index in [9.17, 15) is 0 Å². The lowest BCUT2D eigenvalue weighted by molar-refractivity contribution is 1.25. The Morgan fingerprint density at radius 2 is 0.925 bits per heavy atom. The highest BCUT2D eigenvalue weighted by atomic mass is 32.2. The predicted octanol–water partition coefficient (Wildman–Crippen LogP) is 8.04. The third-order valence-corrected chi connectivity index (χ3v) is 11.0. The summed E-state index contributed by atoms with van der Waals surface area (Å²) in [7, 11) is 0. The van der Waals surface area contributed by atoms with Gasteiger partial charge in [0, 0.05) is 19.6 Å². The highest BCUT2D eigenvalue weighted by Gasteiger charge is 2.38. The molecule has 0 aromatic heterocycles. The average Bonchev–Trinajstić information content (AvgIpc) is 3.40. The second kappa shape index (κ2) is 8.79. The molecule has 0 amide bonds. The molecule has 9 rings (SSSR count). The van der Waals surface area contributed by atoms with E-state index in [0.717, 1.165) is 6.42 Å². The highest BCUT2D eigenvalue weighted by Crippen LogP contribution is 2.47. The molecule has 0 saturated carbocycles. The molecule has 3 heteroatoms. The number of hydrogen-bond acceptors (Lipinski definition) is 2. The summed E-state index contributed by atoms with van der Waals surface area (Å²) < 4.78 is 0. The van der Waals surface area contributed by atoms with Crippen LogP contribution in [0.15, 0.2) is 147 Å². The topological polar surface area (TPSA) is 0 Å². The molecule has 186 valence electrons. The third kappa shape index (κ3) is 3.32. The minimum Gasteiger partial charge on any atom is -0.0911 e. The van der Waals surface area contributed by atoms with Crippen LogP contribution in [-0.4, -0.2) is 6.71 Å². The van der Waals surface area contributed by atoms with Gasteiger partial charge in [0.25, 0.3) is 0 Å².